The Morgan fingerprint density at radius 2 is 1.45 bits per heavy atom. The third kappa shape index (κ3) is 7.62. The van der Waals surface area contributed by atoms with E-state index in [9.17, 15) is 18.0 Å². The first-order valence-corrected chi connectivity index (χ1v) is 16.4. The number of carbonyl (C=O) groups is 2. The first-order valence-electron chi connectivity index (χ1n) is 14.2. The lowest BCUT2D eigenvalue weighted by molar-refractivity contribution is -0.139. The second-order valence-corrected chi connectivity index (χ2v) is 13.0. The molecule has 0 bridgehead atoms. The maximum atomic E-state index is 14.5. The Morgan fingerprint density at radius 3 is 2.07 bits per heavy atom. The zero-order valence-corrected chi connectivity index (χ0v) is 27.2. The van der Waals surface area contributed by atoms with E-state index < -0.39 is 34.4 Å². The molecule has 4 rings (SSSR count). The summed E-state index contributed by atoms with van der Waals surface area (Å²) in [6.45, 7) is 3.12. The summed E-state index contributed by atoms with van der Waals surface area (Å²) >= 11 is 13.1. The highest BCUT2D eigenvalue weighted by Crippen LogP contribution is 2.30. The molecule has 7 nitrogen and oxygen atoms in total. The molecule has 0 saturated heterocycles. The minimum absolute atomic E-state index is 0.0506. The fourth-order valence-corrected chi connectivity index (χ4v) is 6.95. The molecule has 0 heterocycles. The van der Waals surface area contributed by atoms with Crippen molar-refractivity contribution >= 4 is 50.7 Å². The number of para-hydroxylation sites is 1. The highest BCUT2D eigenvalue weighted by molar-refractivity contribution is 7.92. The summed E-state index contributed by atoms with van der Waals surface area (Å²) in [5.41, 5.74) is 3.32. The van der Waals surface area contributed by atoms with Gasteiger partial charge >= 0.3 is 0 Å². The van der Waals surface area contributed by atoms with Crippen molar-refractivity contribution in [3.63, 3.8) is 0 Å². The number of amides is 2. The van der Waals surface area contributed by atoms with Crippen molar-refractivity contribution in [1.82, 2.24) is 10.2 Å². The van der Waals surface area contributed by atoms with E-state index in [-0.39, 0.29) is 17.9 Å². The largest absolute Gasteiger partial charge is 0.357 e. The van der Waals surface area contributed by atoms with Crippen LogP contribution in [-0.2, 0) is 39.0 Å². The number of likely N-dealkylation sites (N-methyl/N-ethyl adjacent to an activating group) is 1. The molecule has 0 fully saturated rings. The van der Waals surface area contributed by atoms with Gasteiger partial charge in [0.15, 0.2) is 0 Å². The molecule has 0 saturated carbocycles. The average molecular weight is 653 g/mol. The van der Waals surface area contributed by atoms with Crippen LogP contribution in [0.2, 0.25) is 10.0 Å². The van der Waals surface area contributed by atoms with Gasteiger partial charge in [0.25, 0.3) is 10.0 Å². The van der Waals surface area contributed by atoms with Gasteiger partial charge in [-0.1, -0.05) is 102 Å². The maximum absolute atomic E-state index is 14.5. The van der Waals surface area contributed by atoms with E-state index in [2.05, 4.69) is 5.32 Å². The zero-order valence-electron chi connectivity index (χ0n) is 24.8. The molecule has 0 aliphatic heterocycles. The van der Waals surface area contributed by atoms with E-state index in [1.807, 2.05) is 56.3 Å². The van der Waals surface area contributed by atoms with E-state index in [4.69, 9.17) is 23.2 Å². The third-order valence-electron chi connectivity index (χ3n) is 7.44. The number of hydrogen-bond acceptors (Lipinski definition) is 4. The predicted octanol–water partition coefficient (Wildman–Crippen LogP) is 6.45. The molecule has 1 atom stereocenters. The van der Waals surface area contributed by atoms with Crippen LogP contribution >= 0.6 is 23.2 Å². The fourth-order valence-electron chi connectivity index (χ4n) is 4.98. The first kappa shape index (κ1) is 33.1. The first-order chi connectivity index (χ1) is 21.1. The minimum Gasteiger partial charge on any atom is -0.357 e. The lowest BCUT2D eigenvalue weighted by atomic mass is 10.0. The second-order valence-electron chi connectivity index (χ2n) is 10.3. The number of benzene rings is 4. The Morgan fingerprint density at radius 1 is 0.841 bits per heavy atom. The van der Waals surface area contributed by atoms with Crippen molar-refractivity contribution in [2.24, 2.45) is 0 Å². The van der Waals surface area contributed by atoms with E-state index in [0.29, 0.717) is 27.7 Å². The number of nitrogens with zero attached hydrogens (tertiary/aromatic N) is 2. The summed E-state index contributed by atoms with van der Waals surface area (Å²) in [6.07, 6.45) is 0.725. The lowest BCUT2D eigenvalue weighted by Crippen LogP contribution is -2.53. The molecule has 0 aromatic heterocycles. The van der Waals surface area contributed by atoms with Crippen molar-refractivity contribution in [3.8, 4) is 0 Å². The van der Waals surface area contributed by atoms with Crippen molar-refractivity contribution < 1.29 is 18.0 Å². The summed E-state index contributed by atoms with van der Waals surface area (Å²) in [5, 5.41) is 3.32. The number of aryl methyl sites for hydroxylation is 2. The van der Waals surface area contributed by atoms with Gasteiger partial charge in [-0.3, -0.25) is 13.9 Å². The number of rotatable bonds is 12. The quantitative estimate of drug-likeness (QED) is 0.191. The van der Waals surface area contributed by atoms with Gasteiger partial charge in [0.2, 0.25) is 11.8 Å². The molecule has 0 aliphatic rings. The van der Waals surface area contributed by atoms with Crippen LogP contribution in [0.15, 0.2) is 102 Å². The van der Waals surface area contributed by atoms with E-state index in [1.54, 1.807) is 42.5 Å². The Kier molecular flexibility index (Phi) is 11.1. The zero-order chi connectivity index (χ0) is 31.9. The smallest absolute Gasteiger partial charge is 0.264 e. The molecule has 4 aromatic rings. The van der Waals surface area contributed by atoms with Gasteiger partial charge in [-0.15, -0.1) is 0 Å². The normalized spacial score (nSPS) is 11.9. The summed E-state index contributed by atoms with van der Waals surface area (Å²) < 4.78 is 29.6. The van der Waals surface area contributed by atoms with E-state index in [1.165, 1.54) is 24.1 Å². The highest BCUT2D eigenvalue weighted by Gasteiger charge is 2.35. The van der Waals surface area contributed by atoms with Crippen LogP contribution in [0, 0.1) is 6.92 Å². The van der Waals surface area contributed by atoms with Crippen molar-refractivity contribution in [3.05, 3.63) is 129 Å². The van der Waals surface area contributed by atoms with Gasteiger partial charge in [-0.05, 0) is 54.8 Å². The SMILES string of the molecule is CCc1ccccc1N(CC(=O)N(Cc1c(Cl)cccc1Cl)[C@H](Cc1ccccc1)C(=O)NC)S(=O)(=O)c1ccc(C)cc1. The number of carbonyl (C=O) groups excluding carboxylic acids is 2. The van der Waals surface area contributed by atoms with Crippen LogP contribution in [0.3, 0.4) is 0 Å². The van der Waals surface area contributed by atoms with E-state index >= 15 is 0 Å². The van der Waals surface area contributed by atoms with E-state index in [0.717, 1.165) is 21.0 Å². The van der Waals surface area contributed by atoms with Gasteiger partial charge < -0.3 is 10.2 Å². The molecular weight excluding hydrogens is 617 g/mol. The Hall–Kier alpha value is -3.85. The van der Waals surface area contributed by atoms with Gasteiger partial charge in [0.1, 0.15) is 12.6 Å². The molecule has 10 heteroatoms. The predicted molar refractivity (Wildman–Crippen MR) is 177 cm³/mol. The summed E-state index contributed by atoms with van der Waals surface area (Å²) in [4.78, 5) is 29.3. The average Bonchev–Trinajstić information content (AvgIpc) is 3.02. The standard InChI is InChI=1S/C34H35Cl2N3O4S/c1-4-26-13-8-9-16-31(26)39(44(42,43)27-19-17-24(2)18-20-27)23-33(40)38(22-28-29(35)14-10-15-30(28)36)32(34(41)37-3)21-25-11-6-5-7-12-25/h5-20,32H,4,21-23H2,1-3H3,(H,37,41)/t32-/m1/s1. The van der Waals surface area contributed by atoms with Crippen LogP contribution in [-0.4, -0.2) is 44.8 Å². The highest BCUT2D eigenvalue weighted by atomic mass is 35.5. The summed E-state index contributed by atoms with van der Waals surface area (Å²) in [6, 6.07) is 26.9. The Balaban J connectivity index is 1.85. The minimum atomic E-state index is -4.20. The maximum Gasteiger partial charge on any atom is 0.264 e. The number of anilines is 1. The van der Waals surface area contributed by atoms with Crippen LogP contribution in [0.5, 0.6) is 0 Å². The molecule has 2 amide bonds. The Bertz CT molecular complexity index is 1690. The molecule has 0 aliphatic carbocycles. The van der Waals surface area contributed by atoms with Crippen LogP contribution in [0.4, 0.5) is 5.69 Å². The topological polar surface area (TPSA) is 86.8 Å². The molecule has 0 spiro atoms. The van der Waals surface area contributed by atoms with Crippen LogP contribution < -0.4 is 9.62 Å². The summed E-state index contributed by atoms with van der Waals surface area (Å²) in [5.74, 6) is -1.00. The molecule has 44 heavy (non-hydrogen) atoms. The molecule has 230 valence electrons. The molecule has 0 radical (unpaired) electrons. The number of nitrogens with one attached hydrogen (secondary N) is 1. The van der Waals surface area contributed by atoms with Crippen LogP contribution in [0.25, 0.3) is 0 Å². The molecule has 0 unspecified atom stereocenters. The van der Waals surface area contributed by atoms with Gasteiger partial charge in [0, 0.05) is 35.6 Å². The molecule has 1 N–H and O–H groups in total. The fraction of sp³-hybridized carbons (Fsp3) is 0.235. The Labute approximate surface area is 269 Å². The second kappa shape index (κ2) is 14.8. The van der Waals surface area contributed by atoms with Gasteiger partial charge in [-0.25, -0.2) is 8.42 Å². The van der Waals surface area contributed by atoms with Gasteiger partial charge in [0.05, 0.1) is 10.6 Å². The lowest BCUT2D eigenvalue weighted by Gasteiger charge is -2.34. The third-order valence-corrected chi connectivity index (χ3v) is 9.92. The molecular formula is C34H35Cl2N3O4S. The monoisotopic (exact) mass is 651 g/mol. The van der Waals surface area contributed by atoms with Gasteiger partial charge in [-0.2, -0.15) is 0 Å². The van der Waals surface area contributed by atoms with Crippen LogP contribution in [0.1, 0.15) is 29.2 Å². The number of halogens is 2. The summed E-state index contributed by atoms with van der Waals surface area (Å²) in [7, 11) is -2.70. The molecule has 4 aromatic carbocycles. The van der Waals surface area contributed by atoms with Crippen molar-refractivity contribution in [2.45, 2.75) is 44.2 Å². The van der Waals surface area contributed by atoms with Crippen molar-refractivity contribution in [2.75, 3.05) is 17.9 Å². The number of hydrogen-bond donors (Lipinski definition) is 1. The number of sulfonamides is 1. The van der Waals surface area contributed by atoms with Crippen molar-refractivity contribution in [1.29, 1.82) is 0 Å².